The highest BCUT2D eigenvalue weighted by Gasteiger charge is 2.31. The molecule has 2 N–H and O–H groups in total. The predicted molar refractivity (Wildman–Crippen MR) is 78.3 cm³/mol. The van der Waals surface area contributed by atoms with E-state index in [2.05, 4.69) is 14.9 Å². The van der Waals surface area contributed by atoms with Gasteiger partial charge in [0.25, 0.3) is 10.0 Å². The van der Waals surface area contributed by atoms with Gasteiger partial charge in [-0.25, -0.2) is 8.42 Å². The summed E-state index contributed by atoms with van der Waals surface area (Å²) >= 11 is 0. The van der Waals surface area contributed by atoms with E-state index in [1.165, 1.54) is 12.1 Å². The summed E-state index contributed by atoms with van der Waals surface area (Å²) in [5, 5.41) is 7.27. The number of hydrogen-bond donors (Lipinski definition) is 2. The zero-order valence-electron chi connectivity index (χ0n) is 11.4. The van der Waals surface area contributed by atoms with Gasteiger partial charge >= 0.3 is 6.18 Å². The first-order valence-electron chi connectivity index (χ1n) is 6.39. The molecule has 0 fully saturated rings. The number of aromatic nitrogens is 2. The van der Waals surface area contributed by atoms with Gasteiger partial charge in [-0.05, 0) is 36.4 Å². The fourth-order valence-corrected chi connectivity index (χ4v) is 3.15. The van der Waals surface area contributed by atoms with Gasteiger partial charge in [-0.2, -0.15) is 18.3 Å². The Labute approximate surface area is 129 Å². The fraction of sp³-hybridized carbons (Fsp3) is 0.0714. The lowest BCUT2D eigenvalue weighted by Gasteiger charge is -2.11. The monoisotopic (exact) mass is 341 g/mol. The van der Waals surface area contributed by atoms with Gasteiger partial charge in [0, 0.05) is 5.39 Å². The lowest BCUT2D eigenvalue weighted by Crippen LogP contribution is -2.14. The van der Waals surface area contributed by atoms with E-state index in [-0.39, 0.29) is 5.69 Å². The highest BCUT2D eigenvalue weighted by atomic mass is 32.2. The van der Waals surface area contributed by atoms with E-state index in [0.717, 1.165) is 23.6 Å². The molecule has 0 bridgehead atoms. The third kappa shape index (κ3) is 3.14. The molecule has 0 unspecified atom stereocenters. The molecular weight excluding hydrogens is 331 g/mol. The Bertz CT molecular complexity index is 965. The Morgan fingerprint density at radius 3 is 2.61 bits per heavy atom. The van der Waals surface area contributed by atoms with Crippen LogP contribution < -0.4 is 4.72 Å². The highest BCUT2D eigenvalue weighted by Crippen LogP contribution is 2.31. The molecular formula is C14H10F3N3O2S. The van der Waals surface area contributed by atoms with Crippen molar-refractivity contribution in [2.45, 2.75) is 11.1 Å². The molecule has 3 rings (SSSR count). The lowest BCUT2D eigenvalue weighted by molar-refractivity contribution is -0.137. The highest BCUT2D eigenvalue weighted by molar-refractivity contribution is 7.92. The second-order valence-electron chi connectivity index (χ2n) is 4.80. The Morgan fingerprint density at radius 2 is 1.87 bits per heavy atom. The first-order valence-corrected chi connectivity index (χ1v) is 7.87. The van der Waals surface area contributed by atoms with Crippen LogP contribution in [0.4, 0.5) is 18.9 Å². The van der Waals surface area contributed by atoms with Crippen LogP contribution in [0, 0.1) is 0 Å². The Hall–Kier alpha value is -2.55. The number of rotatable bonds is 3. The number of nitrogens with one attached hydrogen (secondary N) is 2. The number of benzene rings is 2. The topological polar surface area (TPSA) is 74.8 Å². The van der Waals surface area contributed by atoms with Crippen molar-refractivity contribution in [3.8, 4) is 0 Å². The van der Waals surface area contributed by atoms with Crippen LogP contribution >= 0.6 is 0 Å². The minimum atomic E-state index is -4.61. The number of nitrogens with zero attached hydrogens (tertiary/aromatic N) is 1. The number of halogens is 3. The van der Waals surface area contributed by atoms with Crippen LogP contribution in [0.1, 0.15) is 5.56 Å². The molecule has 5 nitrogen and oxygen atoms in total. The van der Waals surface area contributed by atoms with Crippen molar-refractivity contribution >= 4 is 26.6 Å². The quantitative estimate of drug-likeness (QED) is 0.767. The summed E-state index contributed by atoms with van der Waals surface area (Å²) in [5.41, 5.74) is -0.196. The largest absolute Gasteiger partial charge is 0.416 e. The SMILES string of the molecule is O=S(=O)(Nc1ccc2cn[nH]c2c1)c1cccc(C(F)(F)F)c1. The maximum atomic E-state index is 12.7. The van der Waals surface area contributed by atoms with Crippen molar-refractivity contribution in [2.75, 3.05) is 4.72 Å². The van der Waals surface area contributed by atoms with Crippen LogP contribution in [0.5, 0.6) is 0 Å². The summed E-state index contributed by atoms with van der Waals surface area (Å²) < 4.78 is 64.8. The van der Waals surface area contributed by atoms with Crippen molar-refractivity contribution in [3.63, 3.8) is 0 Å². The lowest BCUT2D eigenvalue weighted by atomic mass is 10.2. The third-order valence-electron chi connectivity index (χ3n) is 3.17. The Kier molecular flexibility index (Phi) is 3.52. The van der Waals surface area contributed by atoms with Gasteiger partial charge in [-0.1, -0.05) is 6.07 Å². The number of H-pyrrole nitrogens is 1. The van der Waals surface area contributed by atoms with E-state index in [1.807, 2.05) is 0 Å². The van der Waals surface area contributed by atoms with Crippen molar-refractivity contribution < 1.29 is 21.6 Å². The molecule has 0 saturated carbocycles. The second-order valence-corrected chi connectivity index (χ2v) is 6.49. The maximum absolute atomic E-state index is 12.7. The van der Waals surface area contributed by atoms with Gasteiger partial charge in [-0.15, -0.1) is 0 Å². The molecule has 0 spiro atoms. The third-order valence-corrected chi connectivity index (χ3v) is 4.54. The van der Waals surface area contributed by atoms with Crippen molar-refractivity contribution in [3.05, 3.63) is 54.2 Å². The molecule has 1 heterocycles. The van der Waals surface area contributed by atoms with Crippen LogP contribution in [0.15, 0.2) is 53.6 Å². The van der Waals surface area contributed by atoms with Crippen LogP contribution in [-0.4, -0.2) is 18.6 Å². The van der Waals surface area contributed by atoms with Crippen LogP contribution in [0.25, 0.3) is 10.9 Å². The predicted octanol–water partition coefficient (Wildman–Crippen LogP) is 3.38. The summed E-state index contributed by atoms with van der Waals surface area (Å²) in [4.78, 5) is -0.461. The smallest absolute Gasteiger partial charge is 0.280 e. The minimum Gasteiger partial charge on any atom is -0.280 e. The van der Waals surface area contributed by atoms with E-state index in [1.54, 1.807) is 12.3 Å². The first-order chi connectivity index (χ1) is 10.8. The fourth-order valence-electron chi connectivity index (χ4n) is 2.05. The van der Waals surface area contributed by atoms with Gasteiger partial charge in [-0.3, -0.25) is 9.82 Å². The maximum Gasteiger partial charge on any atom is 0.416 e. The average molecular weight is 341 g/mol. The molecule has 3 aromatic rings. The summed E-state index contributed by atoms with van der Waals surface area (Å²) in [5.74, 6) is 0. The number of anilines is 1. The molecule has 9 heteroatoms. The number of hydrogen-bond acceptors (Lipinski definition) is 3. The molecule has 2 aromatic carbocycles. The average Bonchev–Trinajstić information content (AvgIpc) is 2.93. The number of sulfonamides is 1. The van der Waals surface area contributed by atoms with Crippen molar-refractivity contribution in [1.29, 1.82) is 0 Å². The van der Waals surface area contributed by atoms with E-state index < -0.39 is 26.7 Å². The molecule has 0 aliphatic heterocycles. The van der Waals surface area contributed by atoms with Crippen LogP contribution in [0.2, 0.25) is 0 Å². The summed E-state index contributed by atoms with van der Waals surface area (Å²) in [7, 11) is -4.13. The van der Waals surface area contributed by atoms with Crippen molar-refractivity contribution in [2.24, 2.45) is 0 Å². The van der Waals surface area contributed by atoms with Gasteiger partial charge in [0.2, 0.25) is 0 Å². The standard InChI is InChI=1S/C14H10F3N3O2S/c15-14(16,17)10-2-1-3-12(6-10)23(21,22)20-11-5-4-9-8-18-19-13(9)7-11/h1-8,20H,(H,18,19). The van der Waals surface area contributed by atoms with Gasteiger partial charge in [0.05, 0.1) is 27.9 Å². The zero-order chi connectivity index (χ0) is 16.7. The van der Waals surface area contributed by atoms with Crippen LogP contribution in [-0.2, 0) is 16.2 Å². The van der Waals surface area contributed by atoms with Gasteiger partial charge in [0.15, 0.2) is 0 Å². The normalized spacial score (nSPS) is 12.5. The number of fused-ring (bicyclic) bond motifs is 1. The molecule has 1 aromatic heterocycles. The molecule has 0 atom stereocenters. The van der Waals surface area contributed by atoms with E-state index >= 15 is 0 Å². The van der Waals surface area contributed by atoms with E-state index in [0.29, 0.717) is 11.6 Å². The minimum absolute atomic E-state index is 0.221. The Balaban J connectivity index is 1.95. The van der Waals surface area contributed by atoms with E-state index in [4.69, 9.17) is 0 Å². The molecule has 0 amide bonds. The van der Waals surface area contributed by atoms with Gasteiger partial charge < -0.3 is 0 Å². The summed E-state index contributed by atoms with van der Waals surface area (Å²) in [6.07, 6.45) is -3.04. The van der Waals surface area contributed by atoms with Crippen molar-refractivity contribution in [1.82, 2.24) is 10.2 Å². The van der Waals surface area contributed by atoms with Gasteiger partial charge in [0.1, 0.15) is 0 Å². The molecule has 0 saturated heterocycles. The summed E-state index contributed by atoms with van der Waals surface area (Å²) in [6, 6.07) is 8.22. The first kappa shape index (κ1) is 15.3. The molecule has 23 heavy (non-hydrogen) atoms. The molecule has 0 aliphatic carbocycles. The molecule has 0 radical (unpaired) electrons. The number of aromatic amines is 1. The number of alkyl halides is 3. The van der Waals surface area contributed by atoms with Crippen LogP contribution in [0.3, 0.4) is 0 Å². The second kappa shape index (κ2) is 5.27. The molecule has 120 valence electrons. The Morgan fingerprint density at radius 1 is 1.09 bits per heavy atom. The zero-order valence-corrected chi connectivity index (χ0v) is 12.2. The summed E-state index contributed by atoms with van der Waals surface area (Å²) in [6.45, 7) is 0. The van der Waals surface area contributed by atoms with E-state index in [9.17, 15) is 21.6 Å². The molecule has 0 aliphatic rings.